The molecule has 1 saturated heterocycles. The van der Waals surface area contributed by atoms with Crippen molar-refractivity contribution in [2.45, 2.75) is 39.0 Å². The minimum absolute atomic E-state index is 0. The van der Waals surface area contributed by atoms with E-state index in [9.17, 15) is 8.42 Å². The maximum atomic E-state index is 12.1. The Balaban J connectivity index is 0.00000264. The van der Waals surface area contributed by atoms with Gasteiger partial charge in [-0.1, -0.05) is 0 Å². The average molecular weight is 471 g/mol. The molecule has 0 radical (unpaired) electrons. The van der Waals surface area contributed by atoms with Crippen LogP contribution in [-0.4, -0.2) is 49.4 Å². The Morgan fingerprint density at radius 1 is 1.48 bits per heavy atom. The molecule has 0 saturated carbocycles. The molecule has 2 rings (SSSR count). The number of nitrogens with zero attached hydrogens (tertiary/aromatic N) is 2. The number of halogens is 1. The Morgan fingerprint density at radius 2 is 2.17 bits per heavy atom. The SMILES string of the molecule is CCNC(=NCc1sccc1C)N1CCS(=O)(=O)C(C)(C)C1.I. The van der Waals surface area contributed by atoms with Crippen molar-refractivity contribution in [2.24, 2.45) is 4.99 Å². The third-order valence-electron chi connectivity index (χ3n) is 4.02. The lowest BCUT2D eigenvalue weighted by atomic mass is 10.2. The normalized spacial score (nSPS) is 20.0. The van der Waals surface area contributed by atoms with Crippen LogP contribution in [0.2, 0.25) is 0 Å². The topological polar surface area (TPSA) is 61.8 Å². The Kier molecular flexibility index (Phi) is 7.34. The van der Waals surface area contributed by atoms with E-state index in [2.05, 4.69) is 28.6 Å². The van der Waals surface area contributed by atoms with Gasteiger partial charge in [0.25, 0.3) is 0 Å². The molecule has 1 aromatic rings. The fraction of sp³-hybridized carbons (Fsp3) is 0.667. The molecule has 0 bridgehead atoms. The first-order valence-electron chi connectivity index (χ1n) is 7.55. The van der Waals surface area contributed by atoms with Crippen LogP contribution in [0.25, 0.3) is 0 Å². The summed E-state index contributed by atoms with van der Waals surface area (Å²) in [5, 5.41) is 5.36. The van der Waals surface area contributed by atoms with E-state index in [0.29, 0.717) is 19.6 Å². The van der Waals surface area contributed by atoms with Crippen LogP contribution in [0.4, 0.5) is 0 Å². The number of thiophene rings is 1. The molecule has 0 unspecified atom stereocenters. The zero-order valence-corrected chi connectivity index (χ0v) is 18.1. The van der Waals surface area contributed by atoms with Crippen LogP contribution in [-0.2, 0) is 16.4 Å². The number of guanidine groups is 1. The zero-order chi connectivity index (χ0) is 16.4. The first kappa shape index (κ1) is 20.7. The monoisotopic (exact) mass is 471 g/mol. The minimum atomic E-state index is -3.03. The van der Waals surface area contributed by atoms with Crippen molar-refractivity contribution in [3.05, 3.63) is 21.9 Å². The molecule has 0 atom stereocenters. The van der Waals surface area contributed by atoms with Crippen LogP contribution in [0.5, 0.6) is 0 Å². The second-order valence-corrected chi connectivity index (χ2v) is 9.94. The summed E-state index contributed by atoms with van der Waals surface area (Å²) in [6, 6.07) is 2.10. The van der Waals surface area contributed by atoms with Crippen molar-refractivity contribution in [1.82, 2.24) is 10.2 Å². The lowest BCUT2D eigenvalue weighted by molar-refractivity contribution is 0.353. The molecule has 1 aliphatic rings. The summed E-state index contributed by atoms with van der Waals surface area (Å²) in [6.07, 6.45) is 0. The van der Waals surface area contributed by atoms with Crippen molar-refractivity contribution in [3.8, 4) is 0 Å². The lowest BCUT2D eigenvalue weighted by Crippen LogP contribution is -2.57. The fourth-order valence-electron chi connectivity index (χ4n) is 2.46. The summed E-state index contributed by atoms with van der Waals surface area (Å²) in [5.41, 5.74) is 1.26. The Bertz CT molecular complexity index is 653. The van der Waals surface area contributed by atoms with E-state index < -0.39 is 14.6 Å². The highest BCUT2D eigenvalue weighted by Gasteiger charge is 2.40. The molecule has 2 heterocycles. The maximum Gasteiger partial charge on any atom is 0.194 e. The summed E-state index contributed by atoms with van der Waals surface area (Å²) >= 11 is 1.71. The van der Waals surface area contributed by atoms with Crippen molar-refractivity contribution in [3.63, 3.8) is 0 Å². The number of aryl methyl sites for hydroxylation is 1. The van der Waals surface area contributed by atoms with Gasteiger partial charge in [-0.25, -0.2) is 13.4 Å². The first-order valence-corrected chi connectivity index (χ1v) is 10.1. The van der Waals surface area contributed by atoms with Crippen LogP contribution < -0.4 is 5.32 Å². The van der Waals surface area contributed by atoms with E-state index in [1.807, 2.05) is 6.92 Å². The Hall–Kier alpha value is -0.350. The van der Waals surface area contributed by atoms with Gasteiger partial charge < -0.3 is 10.2 Å². The number of sulfone groups is 1. The van der Waals surface area contributed by atoms with Crippen LogP contribution in [0.3, 0.4) is 0 Å². The van der Waals surface area contributed by atoms with E-state index in [1.165, 1.54) is 10.4 Å². The van der Waals surface area contributed by atoms with Crippen molar-refractivity contribution in [1.29, 1.82) is 0 Å². The molecule has 5 nitrogen and oxygen atoms in total. The molecule has 1 fully saturated rings. The Morgan fingerprint density at radius 3 is 2.70 bits per heavy atom. The highest BCUT2D eigenvalue weighted by Crippen LogP contribution is 2.24. The standard InChI is InChI=1S/C15H25N3O2S2.HI/c1-5-16-14(17-10-13-12(2)6-8-21-13)18-7-9-22(19,20)15(3,4)11-18;/h6,8H,5,7,9-11H2,1-4H3,(H,16,17);1H. The maximum absolute atomic E-state index is 12.1. The largest absolute Gasteiger partial charge is 0.357 e. The molecule has 0 amide bonds. The van der Waals surface area contributed by atoms with E-state index >= 15 is 0 Å². The predicted octanol–water partition coefficient (Wildman–Crippen LogP) is 2.65. The molecule has 1 aromatic heterocycles. The molecule has 1 N–H and O–H groups in total. The third kappa shape index (κ3) is 4.82. The van der Waals surface area contributed by atoms with Gasteiger partial charge in [0, 0.05) is 24.5 Å². The highest BCUT2D eigenvalue weighted by atomic mass is 127. The molecule has 0 aliphatic carbocycles. The number of nitrogens with one attached hydrogen (secondary N) is 1. The van der Waals surface area contributed by atoms with Crippen LogP contribution >= 0.6 is 35.3 Å². The number of aliphatic imine (C=N–C) groups is 1. The fourth-order valence-corrected chi connectivity index (χ4v) is 4.66. The van der Waals surface area contributed by atoms with Gasteiger partial charge in [0.15, 0.2) is 15.8 Å². The molecule has 132 valence electrons. The average Bonchev–Trinajstić information content (AvgIpc) is 2.83. The first-order chi connectivity index (χ1) is 10.3. The van der Waals surface area contributed by atoms with E-state index in [1.54, 1.807) is 25.2 Å². The van der Waals surface area contributed by atoms with Crippen LogP contribution in [0, 0.1) is 6.92 Å². The number of rotatable bonds is 3. The molecular formula is C15H26IN3O2S2. The lowest BCUT2D eigenvalue weighted by Gasteiger charge is -2.39. The van der Waals surface area contributed by atoms with Gasteiger partial charge >= 0.3 is 0 Å². The minimum Gasteiger partial charge on any atom is -0.357 e. The van der Waals surface area contributed by atoms with Crippen molar-refractivity contribution < 1.29 is 8.42 Å². The second-order valence-electron chi connectivity index (χ2n) is 6.20. The summed E-state index contributed by atoms with van der Waals surface area (Å²) in [7, 11) is -3.03. The molecule has 0 aromatic carbocycles. The van der Waals surface area contributed by atoms with E-state index in [-0.39, 0.29) is 29.7 Å². The van der Waals surface area contributed by atoms with Gasteiger partial charge in [-0.2, -0.15) is 0 Å². The Labute approximate surface area is 160 Å². The zero-order valence-electron chi connectivity index (χ0n) is 14.1. The number of hydrogen-bond donors (Lipinski definition) is 1. The summed E-state index contributed by atoms with van der Waals surface area (Å²) < 4.78 is 23.5. The molecule has 1 aliphatic heterocycles. The smallest absolute Gasteiger partial charge is 0.194 e. The van der Waals surface area contributed by atoms with Gasteiger partial charge in [0.2, 0.25) is 0 Å². The van der Waals surface area contributed by atoms with Gasteiger partial charge in [0.1, 0.15) is 0 Å². The predicted molar refractivity (Wildman–Crippen MR) is 109 cm³/mol. The van der Waals surface area contributed by atoms with E-state index in [0.717, 1.165) is 12.5 Å². The molecule has 0 spiro atoms. The molecule has 8 heteroatoms. The van der Waals surface area contributed by atoms with Crippen LogP contribution in [0.1, 0.15) is 31.2 Å². The van der Waals surface area contributed by atoms with E-state index in [4.69, 9.17) is 4.99 Å². The van der Waals surface area contributed by atoms with Gasteiger partial charge in [-0.05, 0) is 44.7 Å². The van der Waals surface area contributed by atoms with Crippen molar-refractivity contribution in [2.75, 3.05) is 25.4 Å². The van der Waals surface area contributed by atoms with Gasteiger partial charge in [0.05, 0.1) is 17.0 Å². The number of hydrogen-bond acceptors (Lipinski definition) is 4. The summed E-state index contributed by atoms with van der Waals surface area (Å²) in [6.45, 7) is 10.1. The second kappa shape index (κ2) is 8.15. The van der Waals surface area contributed by atoms with Gasteiger partial charge in [-0.15, -0.1) is 35.3 Å². The van der Waals surface area contributed by atoms with Crippen molar-refractivity contribution >= 4 is 51.1 Å². The van der Waals surface area contributed by atoms with Crippen LogP contribution in [0.15, 0.2) is 16.4 Å². The quantitative estimate of drug-likeness (QED) is 0.419. The third-order valence-corrected chi connectivity index (χ3v) is 7.56. The summed E-state index contributed by atoms with van der Waals surface area (Å²) in [5.74, 6) is 0.987. The van der Waals surface area contributed by atoms with Gasteiger partial charge in [-0.3, -0.25) is 0 Å². The summed E-state index contributed by atoms with van der Waals surface area (Å²) in [4.78, 5) is 8.01. The molecular weight excluding hydrogens is 445 g/mol. The highest BCUT2D eigenvalue weighted by molar-refractivity contribution is 14.0. The molecule has 23 heavy (non-hydrogen) atoms.